The maximum atomic E-state index is 11.6. The van der Waals surface area contributed by atoms with Crippen LogP contribution in [0.3, 0.4) is 0 Å². The molecule has 1 aliphatic heterocycles. The first-order chi connectivity index (χ1) is 17.8. The number of carbonyl (C=O) groups is 1. The molecular formula is C27H33N7OS2. The van der Waals surface area contributed by atoms with Gasteiger partial charge in [0.25, 0.3) is 0 Å². The van der Waals surface area contributed by atoms with E-state index >= 15 is 0 Å². The Morgan fingerprint density at radius 1 is 1.27 bits per heavy atom. The van der Waals surface area contributed by atoms with E-state index in [1.54, 1.807) is 18.0 Å². The van der Waals surface area contributed by atoms with Crippen LogP contribution >= 0.6 is 23.1 Å². The number of thioether (sulfide) groups is 1. The number of aromatic nitrogens is 1. The molecule has 2 aromatic rings. The number of aliphatic imine (C=N–C) groups is 2. The van der Waals surface area contributed by atoms with Gasteiger partial charge in [0.05, 0.1) is 6.20 Å². The molecule has 0 saturated carbocycles. The first kappa shape index (κ1) is 28.3. The second-order valence-electron chi connectivity index (χ2n) is 8.72. The van der Waals surface area contributed by atoms with Crippen LogP contribution in [0.5, 0.6) is 0 Å². The van der Waals surface area contributed by atoms with Crippen LogP contribution in [0.2, 0.25) is 0 Å². The third-order valence-corrected chi connectivity index (χ3v) is 7.76. The van der Waals surface area contributed by atoms with Gasteiger partial charge >= 0.3 is 0 Å². The molecule has 3 rings (SSSR count). The Balaban J connectivity index is 1.88. The Labute approximate surface area is 227 Å². The summed E-state index contributed by atoms with van der Waals surface area (Å²) in [6.45, 7) is 13.5. The molecule has 0 spiro atoms. The van der Waals surface area contributed by atoms with E-state index in [0.29, 0.717) is 16.4 Å². The van der Waals surface area contributed by atoms with Crippen LogP contribution in [0, 0.1) is 11.3 Å². The largest absolute Gasteiger partial charge is 0.357 e. The second kappa shape index (κ2) is 13.9. The van der Waals surface area contributed by atoms with Gasteiger partial charge in [-0.3, -0.25) is 4.79 Å². The quantitative estimate of drug-likeness (QED) is 0.191. The average Bonchev–Trinajstić information content (AvgIpc) is 3.36. The van der Waals surface area contributed by atoms with Gasteiger partial charge in [0.2, 0.25) is 11.0 Å². The number of nitriles is 1. The topological polar surface area (TPSA) is 97.0 Å². The van der Waals surface area contributed by atoms with Crippen LogP contribution in [0.1, 0.15) is 38.5 Å². The first-order valence-corrected chi connectivity index (χ1v) is 13.8. The molecule has 0 bridgehead atoms. The minimum atomic E-state index is -0.233. The molecule has 1 fully saturated rings. The van der Waals surface area contributed by atoms with E-state index in [2.05, 4.69) is 58.6 Å². The maximum absolute atomic E-state index is 11.6. The highest BCUT2D eigenvalue weighted by Gasteiger charge is 2.20. The zero-order valence-corrected chi connectivity index (χ0v) is 23.5. The van der Waals surface area contributed by atoms with Crippen molar-refractivity contribution in [1.82, 2.24) is 14.8 Å². The molecule has 1 aliphatic rings. The van der Waals surface area contributed by atoms with Gasteiger partial charge in [0, 0.05) is 48.9 Å². The molecule has 1 aromatic heterocycles. The predicted octanol–water partition coefficient (Wildman–Crippen LogP) is 5.70. The third-order valence-electron chi connectivity index (χ3n) is 5.82. The van der Waals surface area contributed by atoms with Crippen molar-refractivity contribution in [2.45, 2.75) is 38.5 Å². The Morgan fingerprint density at radius 2 is 1.97 bits per heavy atom. The molecule has 1 aromatic carbocycles. The van der Waals surface area contributed by atoms with E-state index in [4.69, 9.17) is 10.3 Å². The number of rotatable bonds is 9. The van der Waals surface area contributed by atoms with Crippen molar-refractivity contribution in [3.05, 3.63) is 58.6 Å². The van der Waals surface area contributed by atoms with Gasteiger partial charge in [0.1, 0.15) is 21.8 Å². The molecule has 0 radical (unpaired) electrons. The summed E-state index contributed by atoms with van der Waals surface area (Å²) < 4.78 is 0. The molecule has 1 saturated heterocycles. The van der Waals surface area contributed by atoms with Crippen LogP contribution in [-0.4, -0.2) is 65.5 Å². The van der Waals surface area contributed by atoms with Crippen molar-refractivity contribution < 1.29 is 4.79 Å². The molecule has 10 heteroatoms. The van der Waals surface area contributed by atoms with E-state index < -0.39 is 0 Å². The fourth-order valence-electron chi connectivity index (χ4n) is 3.47. The molecule has 0 atom stereocenters. The third kappa shape index (κ3) is 8.67. The molecule has 0 unspecified atom stereocenters. The van der Waals surface area contributed by atoms with Crippen molar-refractivity contribution in [2.24, 2.45) is 9.98 Å². The minimum Gasteiger partial charge on any atom is -0.357 e. The SMILES string of the molecule is C=CC(=O)Nc1ccc(SC(N=C(CC(C)=Nc2ncc(C#N)s2)N2CCN(C)CC2)=C(C)CC)cc1. The number of nitrogens with zero attached hydrogens (tertiary/aromatic N) is 6. The van der Waals surface area contributed by atoms with E-state index in [1.165, 1.54) is 23.0 Å². The van der Waals surface area contributed by atoms with Crippen molar-refractivity contribution in [3.8, 4) is 6.07 Å². The van der Waals surface area contributed by atoms with Crippen LogP contribution in [0.15, 0.2) is 68.6 Å². The van der Waals surface area contributed by atoms with Crippen LogP contribution in [0.4, 0.5) is 10.8 Å². The fraction of sp³-hybridized carbons (Fsp3) is 0.370. The van der Waals surface area contributed by atoms with Crippen molar-refractivity contribution in [1.29, 1.82) is 5.26 Å². The summed E-state index contributed by atoms with van der Waals surface area (Å²) in [7, 11) is 2.14. The highest BCUT2D eigenvalue weighted by molar-refractivity contribution is 8.03. The fourth-order valence-corrected chi connectivity index (χ4v) is 5.09. The highest BCUT2D eigenvalue weighted by Crippen LogP contribution is 2.32. The predicted molar refractivity (Wildman–Crippen MR) is 155 cm³/mol. The van der Waals surface area contributed by atoms with Crippen LogP contribution < -0.4 is 5.32 Å². The minimum absolute atomic E-state index is 0.233. The molecular weight excluding hydrogens is 502 g/mol. The van der Waals surface area contributed by atoms with E-state index in [-0.39, 0.29) is 5.91 Å². The molecule has 1 amide bonds. The number of hydrogen-bond acceptors (Lipinski definition) is 8. The lowest BCUT2D eigenvalue weighted by atomic mass is 10.2. The van der Waals surface area contributed by atoms with Gasteiger partial charge in [-0.1, -0.05) is 36.6 Å². The number of piperazine rings is 1. The summed E-state index contributed by atoms with van der Waals surface area (Å²) in [4.78, 5) is 32.0. The molecule has 194 valence electrons. The first-order valence-electron chi connectivity index (χ1n) is 12.1. The molecule has 0 aliphatic carbocycles. The number of thiazole rings is 1. The van der Waals surface area contributed by atoms with Crippen molar-refractivity contribution >= 4 is 51.4 Å². The summed E-state index contributed by atoms with van der Waals surface area (Å²) in [5.74, 6) is 0.749. The van der Waals surface area contributed by atoms with Crippen molar-refractivity contribution in [3.63, 3.8) is 0 Å². The highest BCUT2D eigenvalue weighted by atomic mass is 32.2. The smallest absolute Gasteiger partial charge is 0.247 e. The Morgan fingerprint density at radius 3 is 2.57 bits per heavy atom. The van der Waals surface area contributed by atoms with Crippen LogP contribution in [0.25, 0.3) is 0 Å². The molecule has 2 heterocycles. The Bertz CT molecular complexity index is 1230. The number of benzene rings is 1. The van der Waals surface area contributed by atoms with Crippen LogP contribution in [-0.2, 0) is 4.79 Å². The normalized spacial score (nSPS) is 15.7. The lowest BCUT2D eigenvalue weighted by Crippen LogP contribution is -2.47. The number of nitrogens with one attached hydrogen (secondary N) is 1. The zero-order valence-electron chi connectivity index (χ0n) is 21.8. The summed E-state index contributed by atoms with van der Waals surface area (Å²) in [5, 5.41) is 13.4. The number of anilines is 1. The lowest BCUT2D eigenvalue weighted by molar-refractivity contribution is -0.111. The molecule has 8 nitrogen and oxygen atoms in total. The summed E-state index contributed by atoms with van der Waals surface area (Å²) in [5.41, 5.74) is 2.83. The number of allylic oxidation sites excluding steroid dienone is 1. The van der Waals surface area contributed by atoms with E-state index in [0.717, 1.165) is 59.8 Å². The van der Waals surface area contributed by atoms with Crippen molar-refractivity contribution in [2.75, 3.05) is 38.5 Å². The Kier molecular flexibility index (Phi) is 10.6. The average molecular weight is 536 g/mol. The maximum Gasteiger partial charge on any atom is 0.247 e. The summed E-state index contributed by atoms with van der Waals surface area (Å²) >= 11 is 2.91. The number of amides is 1. The van der Waals surface area contributed by atoms with Gasteiger partial charge in [-0.2, -0.15) is 5.26 Å². The number of hydrogen-bond donors (Lipinski definition) is 1. The Hall–Kier alpha value is -3.26. The summed E-state index contributed by atoms with van der Waals surface area (Å²) in [6.07, 6.45) is 4.30. The van der Waals surface area contributed by atoms with E-state index in [1.807, 2.05) is 31.2 Å². The van der Waals surface area contributed by atoms with E-state index in [9.17, 15) is 4.79 Å². The monoisotopic (exact) mass is 535 g/mol. The van der Waals surface area contributed by atoms with Gasteiger partial charge in [-0.25, -0.2) is 15.0 Å². The molecule has 37 heavy (non-hydrogen) atoms. The second-order valence-corrected chi connectivity index (χ2v) is 10.8. The van der Waals surface area contributed by atoms with Gasteiger partial charge in [-0.05, 0) is 63.2 Å². The van der Waals surface area contributed by atoms with Gasteiger partial charge in [0.15, 0.2) is 0 Å². The lowest BCUT2D eigenvalue weighted by Gasteiger charge is -2.35. The summed E-state index contributed by atoms with van der Waals surface area (Å²) in [6, 6.07) is 9.85. The van der Waals surface area contributed by atoms with Gasteiger partial charge in [-0.15, -0.1) is 0 Å². The van der Waals surface area contributed by atoms with Gasteiger partial charge < -0.3 is 15.1 Å². The molecule has 1 N–H and O–H groups in total. The number of carbonyl (C=O) groups excluding carboxylic acids is 1. The zero-order chi connectivity index (χ0) is 26.8. The number of likely N-dealkylation sites (N-methyl/N-ethyl adjacent to an activating group) is 1. The number of amidine groups is 1. The standard InChI is InChI=1S/C27H33N7OS2/c1-6-19(3)26(36-22-10-8-21(9-11-22)31-25(35)7-2)32-24(34-14-12-33(5)13-15-34)16-20(4)30-27-29-18-23(17-28)37-27/h7-11,18H,2,6,12-16H2,1,3-5H3,(H,31,35).